The number of hydrogen-bond donors (Lipinski definition) is 1. The van der Waals surface area contributed by atoms with Crippen LogP contribution in [0.2, 0.25) is 0 Å². The minimum Gasteiger partial charge on any atom is -0.466 e. The summed E-state index contributed by atoms with van der Waals surface area (Å²) in [6.45, 7) is 9.28. The van der Waals surface area contributed by atoms with Gasteiger partial charge in [-0.05, 0) is 39.7 Å². The molecule has 1 aliphatic heterocycles. The van der Waals surface area contributed by atoms with Crippen LogP contribution in [0, 0.1) is 5.92 Å². The van der Waals surface area contributed by atoms with E-state index in [1.807, 2.05) is 6.92 Å². The van der Waals surface area contributed by atoms with Gasteiger partial charge in [0.1, 0.15) is 6.10 Å². The molecule has 2 aliphatic rings. The van der Waals surface area contributed by atoms with Crippen LogP contribution in [0.1, 0.15) is 40.5 Å². The van der Waals surface area contributed by atoms with E-state index in [0.717, 1.165) is 26.5 Å². The maximum atomic E-state index is 12.9. The molecule has 0 radical (unpaired) electrons. The van der Waals surface area contributed by atoms with Crippen LogP contribution in [0.4, 0.5) is 0 Å². The Hall–Kier alpha value is -2.65. The summed E-state index contributed by atoms with van der Waals surface area (Å²) in [5.74, 6) is -4.47. The van der Waals surface area contributed by atoms with E-state index in [0.29, 0.717) is 12.8 Å². The molecule has 0 bridgehead atoms. The van der Waals surface area contributed by atoms with Gasteiger partial charge in [-0.25, -0.2) is 14.4 Å². The minimum atomic E-state index is -2.13. The Morgan fingerprint density at radius 1 is 1.33 bits per heavy atom. The number of rotatable bonds is 5. The van der Waals surface area contributed by atoms with Crippen LogP contribution in [0.5, 0.6) is 0 Å². The molecule has 1 N–H and O–H groups in total. The lowest BCUT2D eigenvalue weighted by atomic mass is 9.83. The minimum absolute atomic E-state index is 0.0395. The standard InChI is InChI=1S/C23H29ClO9/c1-11-8-7-9-15(21(27)30-6)18(31-14(4)25)19(33-22(28)23(5,29)13(3)24)17-12(2)20(26)32-16(17)10-11/h9-10,13,16-19,29H,2,7-8H2,1,3-6H3/b11-10+,15-9+/t13-,16+,17-,18-,19-,23+/m0/s1. The van der Waals surface area contributed by atoms with Crippen molar-refractivity contribution in [3.63, 3.8) is 0 Å². The number of carbonyl (C=O) groups is 4. The Bertz CT molecular complexity index is 900. The molecule has 0 aromatic heterocycles. The Labute approximate surface area is 197 Å². The maximum Gasteiger partial charge on any atom is 0.339 e. The molecule has 1 aliphatic carbocycles. The van der Waals surface area contributed by atoms with Crippen molar-refractivity contribution in [3.8, 4) is 0 Å². The van der Waals surface area contributed by atoms with E-state index >= 15 is 0 Å². The number of alkyl halides is 1. The molecule has 6 atom stereocenters. The number of aliphatic hydroxyl groups is 1. The average molecular weight is 485 g/mol. The van der Waals surface area contributed by atoms with Crippen LogP contribution in [0.3, 0.4) is 0 Å². The third-order valence-corrected chi connectivity index (χ3v) is 6.14. The summed E-state index contributed by atoms with van der Waals surface area (Å²) in [6, 6.07) is 0. The largest absolute Gasteiger partial charge is 0.466 e. The van der Waals surface area contributed by atoms with Gasteiger partial charge in [-0.3, -0.25) is 4.79 Å². The van der Waals surface area contributed by atoms with Crippen molar-refractivity contribution in [1.82, 2.24) is 0 Å². The Morgan fingerprint density at radius 2 is 1.97 bits per heavy atom. The number of esters is 4. The normalized spacial score (nSPS) is 31.4. The summed E-state index contributed by atoms with van der Waals surface area (Å²) in [5.41, 5.74) is -1.39. The fourth-order valence-electron chi connectivity index (χ4n) is 3.60. The Balaban J connectivity index is 2.72. The van der Waals surface area contributed by atoms with Crippen LogP contribution < -0.4 is 0 Å². The molecule has 1 saturated heterocycles. The summed E-state index contributed by atoms with van der Waals surface area (Å²) in [5, 5.41) is 9.51. The van der Waals surface area contributed by atoms with Gasteiger partial charge in [0.15, 0.2) is 17.8 Å². The molecule has 33 heavy (non-hydrogen) atoms. The number of carbonyl (C=O) groups excluding carboxylic acids is 4. The fraction of sp³-hybridized carbons (Fsp3) is 0.565. The highest BCUT2D eigenvalue weighted by Gasteiger charge is 2.52. The highest BCUT2D eigenvalue weighted by Crippen LogP contribution is 2.38. The quantitative estimate of drug-likeness (QED) is 0.205. The lowest BCUT2D eigenvalue weighted by molar-refractivity contribution is -0.183. The van der Waals surface area contributed by atoms with E-state index in [4.69, 9.17) is 30.5 Å². The smallest absolute Gasteiger partial charge is 0.339 e. The molecule has 0 aromatic rings. The number of halogens is 1. The maximum absolute atomic E-state index is 12.9. The molecular weight excluding hydrogens is 456 g/mol. The third kappa shape index (κ3) is 5.83. The second kappa shape index (κ2) is 10.5. The number of methoxy groups -OCH3 is 1. The van der Waals surface area contributed by atoms with Crippen LogP contribution in [-0.4, -0.2) is 65.4 Å². The zero-order valence-corrected chi connectivity index (χ0v) is 20.0. The first-order chi connectivity index (χ1) is 15.3. The summed E-state index contributed by atoms with van der Waals surface area (Å²) < 4.78 is 21.4. The second-order valence-electron chi connectivity index (χ2n) is 8.29. The van der Waals surface area contributed by atoms with Crippen LogP contribution >= 0.6 is 11.6 Å². The topological polar surface area (TPSA) is 125 Å². The fourth-order valence-corrected chi connectivity index (χ4v) is 3.69. The van der Waals surface area contributed by atoms with Crippen LogP contribution in [-0.2, 0) is 38.1 Å². The molecule has 0 unspecified atom stereocenters. The zero-order valence-electron chi connectivity index (χ0n) is 19.3. The SMILES string of the molecule is C=C1C(=O)O[C@@H]2/C=C(\C)CC/C=C(/C(=O)OC)[C@H](OC(C)=O)[C@@H](OC(=O)[C@](C)(O)[C@H](C)Cl)[C@@H]12. The van der Waals surface area contributed by atoms with Gasteiger partial charge in [0.05, 0.1) is 24.0 Å². The van der Waals surface area contributed by atoms with Gasteiger partial charge in [0, 0.05) is 12.5 Å². The predicted octanol–water partition coefficient (Wildman–Crippen LogP) is 2.15. The van der Waals surface area contributed by atoms with E-state index in [1.54, 1.807) is 6.08 Å². The first kappa shape index (κ1) is 26.6. The van der Waals surface area contributed by atoms with Gasteiger partial charge in [0.25, 0.3) is 0 Å². The molecule has 2 rings (SSSR count). The van der Waals surface area contributed by atoms with E-state index in [9.17, 15) is 24.3 Å². The second-order valence-corrected chi connectivity index (χ2v) is 8.94. The lowest BCUT2D eigenvalue weighted by Crippen LogP contribution is -2.51. The molecular formula is C23H29ClO9. The average Bonchev–Trinajstić information content (AvgIpc) is 2.99. The number of fused-ring (bicyclic) bond motifs is 1. The van der Waals surface area contributed by atoms with E-state index in [-0.39, 0.29) is 11.1 Å². The highest BCUT2D eigenvalue weighted by atomic mass is 35.5. The number of hydrogen-bond acceptors (Lipinski definition) is 9. The molecule has 0 saturated carbocycles. The number of allylic oxidation sites excluding steroid dienone is 2. The van der Waals surface area contributed by atoms with Crippen molar-refractivity contribution in [2.45, 2.75) is 69.8 Å². The molecule has 0 amide bonds. The molecule has 1 heterocycles. The lowest BCUT2D eigenvalue weighted by Gasteiger charge is -2.35. The van der Waals surface area contributed by atoms with Crippen molar-refractivity contribution in [3.05, 3.63) is 35.5 Å². The van der Waals surface area contributed by atoms with Crippen molar-refractivity contribution in [2.24, 2.45) is 5.92 Å². The van der Waals surface area contributed by atoms with E-state index < -0.39 is 59.1 Å². The van der Waals surface area contributed by atoms with Gasteiger partial charge in [-0.15, -0.1) is 11.6 Å². The summed E-state index contributed by atoms with van der Waals surface area (Å²) >= 11 is 5.96. The van der Waals surface area contributed by atoms with Crippen LogP contribution in [0.15, 0.2) is 35.5 Å². The van der Waals surface area contributed by atoms with Crippen molar-refractivity contribution in [1.29, 1.82) is 0 Å². The third-order valence-electron chi connectivity index (χ3n) is 5.72. The molecule has 10 heteroatoms. The molecule has 182 valence electrons. The molecule has 9 nitrogen and oxygen atoms in total. The zero-order chi connectivity index (χ0) is 25.1. The van der Waals surface area contributed by atoms with E-state index in [1.165, 1.54) is 13.0 Å². The van der Waals surface area contributed by atoms with Crippen molar-refractivity contribution in [2.75, 3.05) is 7.11 Å². The first-order valence-corrected chi connectivity index (χ1v) is 10.8. The number of ether oxygens (including phenoxy) is 4. The van der Waals surface area contributed by atoms with E-state index in [2.05, 4.69) is 6.58 Å². The highest BCUT2D eigenvalue weighted by molar-refractivity contribution is 6.22. The van der Waals surface area contributed by atoms with Crippen molar-refractivity contribution < 1.29 is 43.2 Å². The predicted molar refractivity (Wildman–Crippen MR) is 117 cm³/mol. The monoisotopic (exact) mass is 484 g/mol. The molecule has 0 aromatic carbocycles. The van der Waals surface area contributed by atoms with Gasteiger partial charge in [-0.2, -0.15) is 0 Å². The Kier molecular flexibility index (Phi) is 8.48. The first-order valence-electron chi connectivity index (χ1n) is 10.4. The molecule has 1 fully saturated rings. The van der Waals surface area contributed by atoms with Gasteiger partial charge >= 0.3 is 23.9 Å². The molecule has 0 spiro atoms. The summed E-state index contributed by atoms with van der Waals surface area (Å²) in [6.07, 6.45) is 0.283. The van der Waals surface area contributed by atoms with Crippen molar-refractivity contribution >= 4 is 35.5 Å². The van der Waals surface area contributed by atoms with Crippen LogP contribution in [0.25, 0.3) is 0 Å². The Morgan fingerprint density at radius 3 is 2.52 bits per heavy atom. The van der Waals surface area contributed by atoms with Gasteiger partial charge in [-0.1, -0.05) is 18.2 Å². The van der Waals surface area contributed by atoms with Gasteiger partial charge < -0.3 is 24.1 Å². The van der Waals surface area contributed by atoms with Gasteiger partial charge in [0.2, 0.25) is 0 Å². The summed E-state index contributed by atoms with van der Waals surface area (Å²) in [4.78, 5) is 50.0. The summed E-state index contributed by atoms with van der Waals surface area (Å²) in [7, 11) is 1.16.